The smallest absolute Gasteiger partial charge is 0.319 e. The summed E-state index contributed by atoms with van der Waals surface area (Å²) < 4.78 is 1.48. The molecule has 0 aliphatic heterocycles. The number of amides is 2. The number of para-hydroxylation sites is 1. The molecule has 0 unspecified atom stereocenters. The number of aromatic nitrogens is 2. The summed E-state index contributed by atoms with van der Waals surface area (Å²) in [5.74, 6) is 0. The van der Waals surface area contributed by atoms with Crippen molar-refractivity contribution in [1.82, 2.24) is 15.1 Å². The van der Waals surface area contributed by atoms with E-state index in [0.29, 0.717) is 13.1 Å². The Morgan fingerprint density at radius 1 is 0.889 bits per heavy atom. The molecule has 0 fully saturated rings. The predicted octanol–water partition coefficient (Wildman–Crippen LogP) is 3.51. The van der Waals surface area contributed by atoms with E-state index in [0.717, 1.165) is 29.8 Å². The van der Waals surface area contributed by atoms with Gasteiger partial charge in [0.15, 0.2) is 0 Å². The number of anilines is 1. The molecule has 0 aliphatic rings. The molecule has 3 rings (SSSR count). The number of aryl methyl sites for hydroxylation is 1. The second-order valence-electron chi connectivity index (χ2n) is 6.10. The van der Waals surface area contributed by atoms with Gasteiger partial charge in [0.1, 0.15) is 0 Å². The van der Waals surface area contributed by atoms with E-state index in [1.807, 2.05) is 60.7 Å². The molecule has 3 aromatic rings. The first-order chi connectivity index (χ1) is 13.2. The third-order valence-corrected chi connectivity index (χ3v) is 4.05. The Labute approximate surface area is 157 Å². The topological polar surface area (TPSA) is 76.0 Å². The first kappa shape index (κ1) is 18.4. The minimum Gasteiger partial charge on any atom is -0.338 e. The highest BCUT2D eigenvalue weighted by Crippen LogP contribution is 2.14. The van der Waals surface area contributed by atoms with E-state index in [2.05, 4.69) is 15.7 Å². The zero-order valence-corrected chi connectivity index (χ0v) is 15.0. The average molecular weight is 362 g/mol. The van der Waals surface area contributed by atoms with E-state index in [9.17, 15) is 9.59 Å². The van der Waals surface area contributed by atoms with Crippen LogP contribution in [-0.4, -0.2) is 22.4 Å². The summed E-state index contributed by atoms with van der Waals surface area (Å²) in [6, 6.07) is 22.1. The quantitative estimate of drug-likeness (QED) is 0.632. The van der Waals surface area contributed by atoms with Crippen LogP contribution in [0, 0.1) is 0 Å². The fourth-order valence-corrected chi connectivity index (χ4v) is 2.66. The van der Waals surface area contributed by atoms with Crippen LogP contribution < -0.4 is 16.2 Å². The first-order valence-corrected chi connectivity index (χ1v) is 8.96. The maximum absolute atomic E-state index is 12.0. The summed E-state index contributed by atoms with van der Waals surface area (Å²) in [4.78, 5) is 23.8. The molecule has 0 spiro atoms. The molecule has 0 aliphatic carbocycles. The summed E-state index contributed by atoms with van der Waals surface area (Å²) >= 11 is 0. The van der Waals surface area contributed by atoms with Gasteiger partial charge in [0.25, 0.3) is 5.56 Å². The third-order valence-electron chi connectivity index (χ3n) is 4.05. The Kier molecular flexibility index (Phi) is 6.35. The van der Waals surface area contributed by atoms with Crippen molar-refractivity contribution < 1.29 is 4.79 Å². The average Bonchev–Trinajstić information content (AvgIpc) is 2.70. The van der Waals surface area contributed by atoms with E-state index in [1.165, 1.54) is 4.68 Å². The molecule has 0 saturated carbocycles. The Morgan fingerprint density at radius 3 is 2.33 bits per heavy atom. The molecule has 1 aromatic heterocycles. The highest BCUT2D eigenvalue weighted by atomic mass is 16.2. The van der Waals surface area contributed by atoms with Crippen molar-refractivity contribution in [2.45, 2.75) is 19.4 Å². The number of carbonyl (C=O) groups excluding carboxylic acids is 1. The largest absolute Gasteiger partial charge is 0.338 e. The van der Waals surface area contributed by atoms with Gasteiger partial charge in [-0.3, -0.25) is 4.79 Å². The maximum Gasteiger partial charge on any atom is 0.319 e. The minimum absolute atomic E-state index is 0.121. The molecule has 0 radical (unpaired) electrons. The van der Waals surface area contributed by atoms with E-state index in [4.69, 9.17) is 0 Å². The number of hydrogen-bond acceptors (Lipinski definition) is 3. The van der Waals surface area contributed by atoms with Gasteiger partial charge in [0, 0.05) is 30.4 Å². The lowest BCUT2D eigenvalue weighted by Gasteiger charge is -2.09. The predicted molar refractivity (Wildman–Crippen MR) is 107 cm³/mol. The van der Waals surface area contributed by atoms with Gasteiger partial charge in [-0.25, -0.2) is 9.48 Å². The summed E-state index contributed by atoms with van der Waals surface area (Å²) in [6.07, 6.45) is 1.50. The highest BCUT2D eigenvalue weighted by Gasteiger charge is 2.04. The number of rotatable bonds is 7. The van der Waals surface area contributed by atoms with Gasteiger partial charge in [0.2, 0.25) is 0 Å². The second kappa shape index (κ2) is 9.33. The van der Waals surface area contributed by atoms with Crippen LogP contribution >= 0.6 is 0 Å². The number of nitrogens with zero attached hydrogens (tertiary/aromatic N) is 2. The first-order valence-electron chi connectivity index (χ1n) is 8.96. The molecule has 27 heavy (non-hydrogen) atoms. The van der Waals surface area contributed by atoms with Gasteiger partial charge in [-0.05, 0) is 31.0 Å². The van der Waals surface area contributed by atoms with Crippen molar-refractivity contribution in [3.63, 3.8) is 0 Å². The van der Waals surface area contributed by atoms with Gasteiger partial charge in [0.05, 0.1) is 5.69 Å². The zero-order chi connectivity index (χ0) is 18.9. The molecule has 0 saturated heterocycles. The Balaban J connectivity index is 1.45. The zero-order valence-electron chi connectivity index (χ0n) is 15.0. The summed E-state index contributed by atoms with van der Waals surface area (Å²) in [6.45, 7) is 1.05. The lowest BCUT2D eigenvalue weighted by atomic mass is 10.1. The van der Waals surface area contributed by atoms with Gasteiger partial charge in [-0.1, -0.05) is 48.5 Å². The van der Waals surface area contributed by atoms with Crippen LogP contribution in [0.3, 0.4) is 0 Å². The maximum atomic E-state index is 12.0. The lowest BCUT2D eigenvalue weighted by molar-refractivity contribution is 0.252. The number of carbonyl (C=O) groups is 1. The van der Waals surface area contributed by atoms with Gasteiger partial charge < -0.3 is 10.6 Å². The SMILES string of the molecule is O=C(NCCCCn1nc(-c2ccccc2)ccc1=O)Nc1ccccc1. The van der Waals surface area contributed by atoms with Crippen LogP contribution in [0.4, 0.5) is 10.5 Å². The van der Waals surface area contributed by atoms with Crippen LogP contribution in [0.25, 0.3) is 11.3 Å². The van der Waals surface area contributed by atoms with Gasteiger partial charge >= 0.3 is 6.03 Å². The van der Waals surface area contributed by atoms with E-state index in [-0.39, 0.29) is 11.6 Å². The standard InChI is InChI=1S/C21H22N4O2/c26-20-14-13-19(17-9-3-1-4-10-17)24-25(20)16-8-7-15-22-21(27)23-18-11-5-2-6-12-18/h1-6,9-14H,7-8,15-16H2,(H2,22,23,27). The van der Waals surface area contributed by atoms with Crippen LogP contribution in [0.15, 0.2) is 77.6 Å². The molecule has 6 nitrogen and oxygen atoms in total. The fourth-order valence-electron chi connectivity index (χ4n) is 2.66. The highest BCUT2D eigenvalue weighted by molar-refractivity contribution is 5.89. The molecule has 0 atom stereocenters. The third kappa shape index (κ3) is 5.54. The number of unbranched alkanes of at least 4 members (excludes halogenated alkanes) is 1. The van der Waals surface area contributed by atoms with Crippen molar-refractivity contribution in [3.8, 4) is 11.3 Å². The van der Waals surface area contributed by atoms with Crippen molar-refractivity contribution in [1.29, 1.82) is 0 Å². The van der Waals surface area contributed by atoms with Crippen molar-refractivity contribution in [2.24, 2.45) is 0 Å². The van der Waals surface area contributed by atoms with Crippen molar-refractivity contribution in [2.75, 3.05) is 11.9 Å². The molecule has 0 bridgehead atoms. The summed E-state index contributed by atoms with van der Waals surface area (Å²) in [5.41, 5.74) is 2.38. The van der Waals surface area contributed by atoms with Crippen LogP contribution in [-0.2, 0) is 6.54 Å². The summed E-state index contributed by atoms with van der Waals surface area (Å²) in [7, 11) is 0. The number of nitrogens with one attached hydrogen (secondary N) is 2. The fraction of sp³-hybridized carbons (Fsp3) is 0.190. The van der Waals surface area contributed by atoms with Crippen LogP contribution in [0.2, 0.25) is 0 Å². The van der Waals surface area contributed by atoms with E-state index < -0.39 is 0 Å². The number of hydrogen-bond donors (Lipinski definition) is 2. The van der Waals surface area contributed by atoms with Crippen LogP contribution in [0.1, 0.15) is 12.8 Å². The molecular formula is C21H22N4O2. The minimum atomic E-state index is -0.234. The lowest BCUT2D eigenvalue weighted by Crippen LogP contribution is -2.30. The Hall–Kier alpha value is -3.41. The molecule has 138 valence electrons. The Morgan fingerprint density at radius 2 is 1.59 bits per heavy atom. The molecule has 1 heterocycles. The molecule has 6 heteroatoms. The summed E-state index contributed by atoms with van der Waals surface area (Å²) in [5, 5.41) is 10.0. The van der Waals surface area contributed by atoms with E-state index in [1.54, 1.807) is 12.1 Å². The number of urea groups is 1. The second-order valence-corrected chi connectivity index (χ2v) is 6.10. The molecule has 2 amide bonds. The molecule has 2 N–H and O–H groups in total. The van der Waals surface area contributed by atoms with Crippen molar-refractivity contribution >= 4 is 11.7 Å². The Bertz CT molecular complexity index is 924. The van der Waals surface area contributed by atoms with Gasteiger partial charge in [-0.2, -0.15) is 5.10 Å². The van der Waals surface area contributed by atoms with E-state index >= 15 is 0 Å². The molecular weight excluding hydrogens is 340 g/mol. The number of benzene rings is 2. The molecule has 2 aromatic carbocycles. The monoisotopic (exact) mass is 362 g/mol. The normalized spacial score (nSPS) is 10.4. The van der Waals surface area contributed by atoms with Crippen LogP contribution in [0.5, 0.6) is 0 Å². The van der Waals surface area contributed by atoms with Gasteiger partial charge in [-0.15, -0.1) is 0 Å². The van der Waals surface area contributed by atoms with Crippen molar-refractivity contribution in [3.05, 3.63) is 83.2 Å².